The molecular formula is C10H12F4N4O3S. The minimum absolute atomic E-state index is 0.0418. The van der Waals surface area contributed by atoms with Crippen LogP contribution in [0.2, 0.25) is 0 Å². The van der Waals surface area contributed by atoms with E-state index >= 15 is 0 Å². The van der Waals surface area contributed by atoms with Crippen LogP contribution in [0.5, 0.6) is 0 Å². The highest BCUT2D eigenvalue weighted by Crippen LogP contribution is 2.37. The maximum atomic E-state index is 13.1. The van der Waals surface area contributed by atoms with Crippen LogP contribution in [0.25, 0.3) is 0 Å². The van der Waals surface area contributed by atoms with Gasteiger partial charge in [0.1, 0.15) is 10.6 Å². The van der Waals surface area contributed by atoms with Gasteiger partial charge in [0.05, 0.1) is 5.69 Å². The lowest BCUT2D eigenvalue weighted by Crippen LogP contribution is -2.51. The van der Waals surface area contributed by atoms with Crippen LogP contribution < -0.4 is 0 Å². The Kier molecular flexibility index (Phi) is 3.94. The minimum Gasteiger partial charge on any atom is -0.364 e. The third-order valence-corrected chi connectivity index (χ3v) is 4.88. The molecule has 1 aliphatic rings. The highest BCUT2D eigenvalue weighted by atomic mass is 32.2. The van der Waals surface area contributed by atoms with Crippen LogP contribution >= 0.6 is 0 Å². The summed E-state index contributed by atoms with van der Waals surface area (Å²) in [6, 6.07) is 0. The van der Waals surface area contributed by atoms with Crippen molar-refractivity contribution in [1.29, 1.82) is 0 Å². The fraction of sp³-hybridized carbons (Fsp3) is 0.600. The van der Waals surface area contributed by atoms with Crippen LogP contribution in [-0.4, -0.2) is 52.0 Å². The van der Waals surface area contributed by atoms with Gasteiger partial charge in [-0.15, -0.1) is 4.41 Å². The van der Waals surface area contributed by atoms with Gasteiger partial charge in [-0.25, -0.2) is 17.6 Å². The zero-order valence-electron chi connectivity index (χ0n) is 11.4. The molecule has 2 heterocycles. The number of sulfonamides is 1. The molecule has 0 aliphatic carbocycles. The second-order valence-electron chi connectivity index (χ2n) is 4.75. The van der Waals surface area contributed by atoms with Crippen molar-refractivity contribution in [3.05, 3.63) is 11.9 Å². The number of aliphatic hydroxyl groups is 1. The Bertz CT molecular complexity index is 718. The summed E-state index contributed by atoms with van der Waals surface area (Å²) in [5, 5.41) is 16.6. The summed E-state index contributed by atoms with van der Waals surface area (Å²) in [5.74, 6) is 0. The molecule has 0 saturated heterocycles. The number of hydrazone groups is 1. The molecule has 124 valence electrons. The van der Waals surface area contributed by atoms with E-state index in [4.69, 9.17) is 0 Å². The number of rotatable bonds is 4. The number of halogens is 4. The number of alkyl halides is 4. The van der Waals surface area contributed by atoms with E-state index in [0.29, 0.717) is 0 Å². The molecule has 22 heavy (non-hydrogen) atoms. The van der Waals surface area contributed by atoms with Gasteiger partial charge < -0.3 is 5.11 Å². The average molecular weight is 344 g/mol. The lowest BCUT2D eigenvalue weighted by Gasteiger charge is -2.30. The van der Waals surface area contributed by atoms with E-state index in [0.717, 1.165) is 10.9 Å². The lowest BCUT2D eigenvalue weighted by atomic mass is 10.1. The van der Waals surface area contributed by atoms with Gasteiger partial charge in [-0.3, -0.25) is 4.68 Å². The molecule has 1 aliphatic heterocycles. The third kappa shape index (κ3) is 2.45. The van der Waals surface area contributed by atoms with Crippen molar-refractivity contribution in [1.82, 2.24) is 14.2 Å². The van der Waals surface area contributed by atoms with E-state index in [9.17, 15) is 31.1 Å². The molecule has 0 amide bonds. The van der Waals surface area contributed by atoms with Crippen LogP contribution in [0.3, 0.4) is 0 Å². The largest absolute Gasteiger partial charge is 0.364 e. The topological polar surface area (TPSA) is 87.8 Å². The molecule has 1 N–H and O–H groups in total. The first-order chi connectivity index (χ1) is 10.00. The Morgan fingerprint density at radius 3 is 2.36 bits per heavy atom. The fourth-order valence-corrected chi connectivity index (χ4v) is 3.70. The Morgan fingerprint density at radius 2 is 1.95 bits per heavy atom. The Labute approximate surface area is 122 Å². The number of aromatic nitrogens is 2. The molecule has 0 fully saturated rings. The normalized spacial score (nSPS) is 22.8. The molecule has 7 nitrogen and oxygen atoms in total. The molecule has 0 radical (unpaired) electrons. The quantitative estimate of drug-likeness (QED) is 0.815. The van der Waals surface area contributed by atoms with E-state index < -0.39 is 45.6 Å². The molecule has 1 aromatic rings. The van der Waals surface area contributed by atoms with Gasteiger partial charge >= 0.3 is 0 Å². The van der Waals surface area contributed by atoms with Crippen LogP contribution in [0.4, 0.5) is 17.6 Å². The Balaban J connectivity index is 2.58. The highest BCUT2D eigenvalue weighted by molar-refractivity contribution is 7.89. The zero-order valence-corrected chi connectivity index (χ0v) is 12.2. The van der Waals surface area contributed by atoms with Crippen molar-refractivity contribution in [2.45, 2.75) is 36.8 Å². The van der Waals surface area contributed by atoms with Crippen molar-refractivity contribution < 1.29 is 31.1 Å². The molecule has 0 bridgehead atoms. The fourth-order valence-electron chi connectivity index (χ4n) is 2.04. The van der Waals surface area contributed by atoms with Crippen molar-refractivity contribution >= 4 is 15.7 Å². The van der Waals surface area contributed by atoms with Gasteiger partial charge in [0.25, 0.3) is 22.9 Å². The number of hydrogen-bond acceptors (Lipinski definition) is 5. The van der Waals surface area contributed by atoms with Gasteiger partial charge in [-0.1, -0.05) is 0 Å². The van der Waals surface area contributed by atoms with Crippen LogP contribution in [-0.2, 0) is 17.1 Å². The van der Waals surface area contributed by atoms with Crippen molar-refractivity contribution in [3.63, 3.8) is 0 Å². The monoisotopic (exact) mass is 344 g/mol. The highest BCUT2D eigenvalue weighted by Gasteiger charge is 2.56. The minimum atomic E-state index is -4.77. The van der Waals surface area contributed by atoms with E-state index in [1.165, 1.54) is 14.0 Å². The maximum absolute atomic E-state index is 13.1. The molecular weight excluding hydrogens is 332 g/mol. The average Bonchev–Trinajstić information content (AvgIpc) is 2.91. The molecule has 12 heteroatoms. The van der Waals surface area contributed by atoms with E-state index in [2.05, 4.69) is 10.2 Å². The second-order valence-corrected chi connectivity index (χ2v) is 6.48. The third-order valence-electron chi connectivity index (χ3n) is 3.07. The van der Waals surface area contributed by atoms with E-state index in [1.807, 2.05) is 0 Å². The van der Waals surface area contributed by atoms with E-state index in [-0.39, 0.29) is 10.1 Å². The number of aryl methyl sites for hydroxylation is 2. The summed E-state index contributed by atoms with van der Waals surface area (Å²) in [7, 11) is -3.38. The van der Waals surface area contributed by atoms with E-state index in [1.54, 1.807) is 0 Å². The SMILES string of the molecule is Cc1nn(C)cc1S(=O)(=O)N1N=C(C(F)F)CC1(O)C(F)F. The molecule has 0 saturated carbocycles. The number of hydrogen-bond donors (Lipinski definition) is 1. The summed E-state index contributed by atoms with van der Waals surface area (Å²) in [4.78, 5) is -0.506. The predicted octanol–water partition coefficient (Wildman–Crippen LogP) is 0.698. The molecule has 1 atom stereocenters. The summed E-state index contributed by atoms with van der Waals surface area (Å²) in [5.41, 5.74) is -4.53. The van der Waals surface area contributed by atoms with Gasteiger partial charge in [0, 0.05) is 19.7 Å². The smallest absolute Gasteiger partial charge is 0.288 e. The maximum Gasteiger partial charge on any atom is 0.288 e. The Hall–Kier alpha value is -1.69. The molecule has 2 rings (SSSR count). The Morgan fingerprint density at radius 1 is 1.36 bits per heavy atom. The molecule has 0 spiro atoms. The molecule has 0 aromatic carbocycles. The lowest BCUT2D eigenvalue weighted by molar-refractivity contribution is -0.150. The standard InChI is InChI=1S/C10H12F4N4O3S/c1-5-7(4-17(2)15-5)22(20,21)18-10(19,9(13)14)3-6(16-18)8(11)12/h4,8-9,19H,3H2,1-2H3. The van der Waals surface area contributed by atoms with Crippen LogP contribution in [0.1, 0.15) is 12.1 Å². The van der Waals surface area contributed by atoms with Crippen molar-refractivity contribution in [2.24, 2.45) is 12.1 Å². The number of nitrogens with zero attached hydrogens (tertiary/aromatic N) is 4. The second kappa shape index (κ2) is 5.19. The zero-order chi connectivity index (χ0) is 16.9. The first-order valence-electron chi connectivity index (χ1n) is 5.92. The molecule has 1 aromatic heterocycles. The van der Waals surface area contributed by atoms with Crippen LogP contribution in [0, 0.1) is 6.92 Å². The molecule has 1 unspecified atom stereocenters. The van der Waals surface area contributed by atoms with Crippen LogP contribution in [0.15, 0.2) is 16.2 Å². The van der Waals surface area contributed by atoms with Gasteiger partial charge in [-0.2, -0.15) is 18.6 Å². The first kappa shape index (κ1) is 16.7. The van der Waals surface area contributed by atoms with Gasteiger partial charge in [0.2, 0.25) is 5.72 Å². The van der Waals surface area contributed by atoms with Gasteiger partial charge in [-0.05, 0) is 6.92 Å². The first-order valence-corrected chi connectivity index (χ1v) is 7.36. The predicted molar refractivity (Wildman–Crippen MR) is 66.0 cm³/mol. The van der Waals surface area contributed by atoms with Crippen molar-refractivity contribution in [2.75, 3.05) is 0 Å². The summed E-state index contributed by atoms with van der Waals surface area (Å²) >= 11 is 0. The summed E-state index contributed by atoms with van der Waals surface area (Å²) in [6.45, 7) is 1.29. The summed E-state index contributed by atoms with van der Waals surface area (Å²) < 4.78 is 77.0. The van der Waals surface area contributed by atoms with Gasteiger partial charge in [0.15, 0.2) is 0 Å². The van der Waals surface area contributed by atoms with Crippen molar-refractivity contribution in [3.8, 4) is 0 Å². The summed E-state index contributed by atoms with van der Waals surface area (Å²) in [6.07, 6.45) is -7.16.